The zero-order valence-corrected chi connectivity index (χ0v) is 17.7. The second-order valence-corrected chi connectivity index (χ2v) is 7.78. The Morgan fingerprint density at radius 3 is 2.26 bits per heavy atom. The third kappa shape index (κ3) is 3.91. The van der Waals surface area contributed by atoms with Crippen LogP contribution in [0.3, 0.4) is 0 Å². The van der Waals surface area contributed by atoms with Crippen molar-refractivity contribution in [1.29, 1.82) is 0 Å². The number of para-hydroxylation sites is 1. The van der Waals surface area contributed by atoms with E-state index in [0.717, 1.165) is 18.4 Å². The van der Waals surface area contributed by atoms with Crippen molar-refractivity contribution >= 4 is 17.5 Å². The standard InChI is InChI=1S/C24H26N4O3/c1-17-21(24(31)28(26(17)2)19-13-7-4-8-14-19)25-23(30)22(18-11-5-3-6-12-18)27-16-10-9-15-20(27)29/h3-8,11-14,22H,9-10,15-16H2,1-2H3,(H,25,30). The van der Waals surface area contributed by atoms with E-state index in [1.165, 1.54) is 4.68 Å². The van der Waals surface area contributed by atoms with E-state index in [9.17, 15) is 14.4 Å². The summed E-state index contributed by atoms with van der Waals surface area (Å²) >= 11 is 0. The molecule has 2 aromatic carbocycles. The van der Waals surface area contributed by atoms with Crippen molar-refractivity contribution in [2.45, 2.75) is 32.2 Å². The van der Waals surface area contributed by atoms with Gasteiger partial charge in [-0.15, -0.1) is 0 Å². The van der Waals surface area contributed by atoms with Gasteiger partial charge in [-0.1, -0.05) is 48.5 Å². The van der Waals surface area contributed by atoms with Crippen molar-refractivity contribution in [3.8, 4) is 5.69 Å². The lowest BCUT2D eigenvalue weighted by atomic mass is 10.0. The van der Waals surface area contributed by atoms with Crippen LogP contribution in [0.4, 0.5) is 5.69 Å². The molecule has 1 fully saturated rings. The summed E-state index contributed by atoms with van der Waals surface area (Å²) in [6, 6.07) is 17.7. The van der Waals surface area contributed by atoms with Gasteiger partial charge in [-0.2, -0.15) is 0 Å². The quantitative estimate of drug-likeness (QED) is 0.691. The average Bonchev–Trinajstić information content (AvgIpc) is 3.00. The molecule has 1 saturated heterocycles. The molecule has 2 heterocycles. The summed E-state index contributed by atoms with van der Waals surface area (Å²) < 4.78 is 3.24. The number of carbonyl (C=O) groups is 2. The van der Waals surface area contributed by atoms with Gasteiger partial charge in [0.05, 0.1) is 11.4 Å². The molecule has 7 heteroatoms. The zero-order chi connectivity index (χ0) is 22.0. The van der Waals surface area contributed by atoms with E-state index in [4.69, 9.17) is 0 Å². The number of amides is 2. The minimum atomic E-state index is -0.779. The maximum absolute atomic E-state index is 13.5. The van der Waals surface area contributed by atoms with Gasteiger partial charge in [-0.25, -0.2) is 4.68 Å². The van der Waals surface area contributed by atoms with Crippen LogP contribution in [-0.2, 0) is 16.6 Å². The van der Waals surface area contributed by atoms with E-state index in [-0.39, 0.29) is 23.1 Å². The second-order valence-electron chi connectivity index (χ2n) is 7.78. The summed E-state index contributed by atoms with van der Waals surface area (Å²) in [5.41, 5.74) is 1.99. The summed E-state index contributed by atoms with van der Waals surface area (Å²) in [5.74, 6) is -0.422. The van der Waals surface area contributed by atoms with Gasteiger partial charge in [0.2, 0.25) is 5.91 Å². The summed E-state index contributed by atoms with van der Waals surface area (Å²) in [6.07, 6.45) is 2.12. The second kappa shape index (κ2) is 8.63. The van der Waals surface area contributed by atoms with E-state index in [1.807, 2.05) is 60.7 Å². The van der Waals surface area contributed by atoms with Crippen molar-refractivity contribution < 1.29 is 9.59 Å². The van der Waals surface area contributed by atoms with Crippen LogP contribution in [0, 0.1) is 6.92 Å². The molecule has 0 bridgehead atoms. The predicted molar refractivity (Wildman–Crippen MR) is 119 cm³/mol. The van der Waals surface area contributed by atoms with Crippen LogP contribution in [-0.4, -0.2) is 32.6 Å². The Kier molecular flexibility index (Phi) is 5.75. The van der Waals surface area contributed by atoms with Gasteiger partial charge < -0.3 is 10.2 Å². The minimum Gasteiger partial charge on any atom is -0.327 e. The van der Waals surface area contributed by atoms with Crippen LogP contribution in [0.25, 0.3) is 5.69 Å². The predicted octanol–water partition coefficient (Wildman–Crippen LogP) is 3.18. The van der Waals surface area contributed by atoms with Gasteiger partial charge >= 0.3 is 0 Å². The molecule has 1 aromatic heterocycles. The topological polar surface area (TPSA) is 76.3 Å². The highest BCUT2D eigenvalue weighted by molar-refractivity contribution is 5.98. The van der Waals surface area contributed by atoms with Crippen LogP contribution in [0.1, 0.15) is 36.6 Å². The van der Waals surface area contributed by atoms with E-state index < -0.39 is 6.04 Å². The van der Waals surface area contributed by atoms with Gasteiger partial charge in [0.15, 0.2) is 0 Å². The summed E-state index contributed by atoms with van der Waals surface area (Å²) in [4.78, 5) is 40.9. The first-order valence-electron chi connectivity index (χ1n) is 10.5. The maximum Gasteiger partial charge on any atom is 0.295 e. The van der Waals surface area contributed by atoms with Crippen molar-refractivity contribution in [2.75, 3.05) is 11.9 Å². The van der Waals surface area contributed by atoms with E-state index in [1.54, 1.807) is 23.6 Å². The van der Waals surface area contributed by atoms with Crippen LogP contribution in [0.15, 0.2) is 65.5 Å². The molecule has 0 aliphatic carbocycles. The van der Waals surface area contributed by atoms with E-state index >= 15 is 0 Å². The number of nitrogens with zero attached hydrogens (tertiary/aromatic N) is 3. The number of likely N-dealkylation sites (tertiary alicyclic amines) is 1. The van der Waals surface area contributed by atoms with Crippen LogP contribution in [0.5, 0.6) is 0 Å². The number of rotatable bonds is 5. The van der Waals surface area contributed by atoms with Gasteiger partial charge in [-0.3, -0.25) is 19.1 Å². The lowest BCUT2D eigenvalue weighted by Crippen LogP contribution is -2.44. The maximum atomic E-state index is 13.5. The smallest absolute Gasteiger partial charge is 0.295 e. The summed E-state index contributed by atoms with van der Waals surface area (Å²) in [7, 11) is 1.78. The molecule has 1 aliphatic rings. The van der Waals surface area contributed by atoms with Crippen molar-refractivity contribution in [2.24, 2.45) is 7.05 Å². The van der Waals surface area contributed by atoms with E-state index in [2.05, 4.69) is 5.32 Å². The Morgan fingerprint density at radius 2 is 1.61 bits per heavy atom. The number of hydrogen-bond acceptors (Lipinski definition) is 3. The highest BCUT2D eigenvalue weighted by atomic mass is 16.2. The first-order valence-corrected chi connectivity index (χ1v) is 10.5. The molecule has 0 radical (unpaired) electrons. The van der Waals surface area contributed by atoms with Crippen molar-refractivity contribution in [3.63, 3.8) is 0 Å². The Morgan fingerprint density at radius 1 is 0.968 bits per heavy atom. The number of aromatic nitrogens is 2. The van der Waals surface area contributed by atoms with Gasteiger partial charge in [0.25, 0.3) is 11.5 Å². The third-order valence-corrected chi connectivity index (χ3v) is 5.84. The average molecular weight is 418 g/mol. The van der Waals surface area contributed by atoms with Gasteiger partial charge in [0, 0.05) is 20.0 Å². The molecule has 2 amide bonds. The van der Waals surface area contributed by atoms with Gasteiger partial charge in [0.1, 0.15) is 11.7 Å². The highest BCUT2D eigenvalue weighted by Crippen LogP contribution is 2.27. The molecule has 0 saturated carbocycles. The molecule has 0 spiro atoms. The summed E-state index contributed by atoms with van der Waals surface area (Å²) in [5, 5.41) is 2.84. The minimum absolute atomic E-state index is 0.0401. The molecular formula is C24H26N4O3. The fraction of sp³-hybridized carbons (Fsp3) is 0.292. The highest BCUT2D eigenvalue weighted by Gasteiger charge is 2.33. The normalized spacial score (nSPS) is 15.0. The molecule has 160 valence electrons. The molecule has 31 heavy (non-hydrogen) atoms. The lowest BCUT2D eigenvalue weighted by Gasteiger charge is -2.34. The fourth-order valence-corrected chi connectivity index (χ4v) is 4.11. The monoisotopic (exact) mass is 418 g/mol. The van der Waals surface area contributed by atoms with Gasteiger partial charge in [-0.05, 0) is 37.5 Å². The van der Waals surface area contributed by atoms with Crippen LogP contribution in [0.2, 0.25) is 0 Å². The first kappa shape index (κ1) is 20.7. The third-order valence-electron chi connectivity index (χ3n) is 5.84. The molecule has 1 N–H and O–H groups in total. The lowest BCUT2D eigenvalue weighted by molar-refractivity contribution is -0.141. The molecule has 4 rings (SSSR count). The Hall–Kier alpha value is -3.61. The molecule has 1 atom stereocenters. The summed E-state index contributed by atoms with van der Waals surface area (Å²) in [6.45, 7) is 2.31. The van der Waals surface area contributed by atoms with Crippen molar-refractivity contribution in [1.82, 2.24) is 14.3 Å². The molecule has 1 aliphatic heterocycles. The van der Waals surface area contributed by atoms with Crippen molar-refractivity contribution in [3.05, 3.63) is 82.3 Å². The molecule has 7 nitrogen and oxygen atoms in total. The molecule has 3 aromatic rings. The van der Waals surface area contributed by atoms with Crippen LogP contribution >= 0.6 is 0 Å². The zero-order valence-electron chi connectivity index (χ0n) is 17.7. The number of anilines is 1. The Balaban J connectivity index is 1.71. The molecular weight excluding hydrogens is 392 g/mol. The number of piperidine rings is 1. The SMILES string of the molecule is Cc1c(NC(=O)C(c2ccccc2)N2CCCCC2=O)c(=O)n(-c2ccccc2)n1C. The fourth-order valence-electron chi connectivity index (χ4n) is 4.11. The number of carbonyl (C=O) groups excluding carboxylic acids is 2. The number of nitrogens with one attached hydrogen (secondary N) is 1. The first-order chi connectivity index (χ1) is 15.0. The van der Waals surface area contributed by atoms with E-state index in [0.29, 0.717) is 24.3 Å². The molecule has 1 unspecified atom stereocenters. The Labute approximate surface area is 180 Å². The van der Waals surface area contributed by atoms with Crippen LogP contribution < -0.4 is 10.9 Å². The largest absolute Gasteiger partial charge is 0.327 e. The Bertz CT molecular complexity index is 1150. The number of hydrogen-bond donors (Lipinski definition) is 1. The number of benzene rings is 2.